The van der Waals surface area contributed by atoms with Crippen molar-refractivity contribution >= 4 is 11.8 Å². The first-order valence-electron chi connectivity index (χ1n) is 5.84. The number of nitrogens with zero attached hydrogens (tertiary/aromatic N) is 1. The third-order valence-electron chi connectivity index (χ3n) is 2.99. The number of amides is 2. The Morgan fingerprint density at radius 2 is 1.94 bits per heavy atom. The Kier molecular flexibility index (Phi) is 3.34. The quantitative estimate of drug-likeness (QED) is 0.808. The van der Waals surface area contributed by atoms with E-state index in [0.717, 1.165) is 0 Å². The average Bonchev–Trinajstić information content (AvgIpc) is 2.59. The molecule has 2 N–H and O–H groups in total. The molecule has 0 aromatic heterocycles. The first-order valence-corrected chi connectivity index (χ1v) is 5.84. The molecule has 1 aromatic carbocycles. The van der Waals surface area contributed by atoms with Crippen LogP contribution in [0.5, 0.6) is 5.75 Å². The highest BCUT2D eigenvalue weighted by Gasteiger charge is 2.35. The van der Waals surface area contributed by atoms with E-state index < -0.39 is 0 Å². The number of imide groups is 1. The van der Waals surface area contributed by atoms with E-state index in [0.29, 0.717) is 29.8 Å². The molecule has 2 amide bonds. The van der Waals surface area contributed by atoms with E-state index >= 15 is 0 Å². The topological polar surface area (TPSA) is 72.6 Å². The van der Waals surface area contributed by atoms with Gasteiger partial charge in [0.1, 0.15) is 5.75 Å². The Morgan fingerprint density at radius 3 is 2.56 bits per heavy atom. The van der Waals surface area contributed by atoms with E-state index in [9.17, 15) is 9.59 Å². The molecule has 1 atom stereocenters. The Hall–Kier alpha value is -1.88. The minimum absolute atomic E-state index is 0.0381. The summed E-state index contributed by atoms with van der Waals surface area (Å²) in [7, 11) is 1.52. The molecule has 0 radical (unpaired) electrons. The van der Waals surface area contributed by atoms with Crippen LogP contribution >= 0.6 is 0 Å². The Labute approximate surface area is 106 Å². The Bertz CT molecular complexity index is 497. The summed E-state index contributed by atoms with van der Waals surface area (Å²) in [6, 6.07) is 4.87. The number of nitrogens with two attached hydrogens (primary N) is 1. The summed E-state index contributed by atoms with van der Waals surface area (Å²) in [5.74, 6) is 0.0526. The molecule has 1 aliphatic heterocycles. The molecule has 0 saturated heterocycles. The summed E-state index contributed by atoms with van der Waals surface area (Å²) < 4.78 is 5.05. The van der Waals surface area contributed by atoms with Gasteiger partial charge < -0.3 is 10.5 Å². The summed E-state index contributed by atoms with van der Waals surface area (Å²) in [6.07, 6.45) is 0.600. The zero-order valence-electron chi connectivity index (χ0n) is 10.5. The van der Waals surface area contributed by atoms with Crippen molar-refractivity contribution in [3.05, 3.63) is 29.3 Å². The predicted molar refractivity (Wildman–Crippen MR) is 66.6 cm³/mol. The lowest BCUT2D eigenvalue weighted by molar-refractivity contribution is 0.0651. The van der Waals surface area contributed by atoms with Gasteiger partial charge in [0.2, 0.25) is 0 Å². The van der Waals surface area contributed by atoms with Crippen LogP contribution in [0, 0.1) is 0 Å². The zero-order valence-corrected chi connectivity index (χ0v) is 10.5. The second-order valence-electron chi connectivity index (χ2n) is 4.44. The Morgan fingerprint density at radius 1 is 1.28 bits per heavy atom. The van der Waals surface area contributed by atoms with Crippen LogP contribution in [0.4, 0.5) is 0 Å². The number of fused-ring (bicyclic) bond motifs is 1. The molecule has 0 aliphatic carbocycles. The molecule has 0 saturated carbocycles. The summed E-state index contributed by atoms with van der Waals surface area (Å²) in [5, 5.41) is 0. The number of hydrogen-bond acceptors (Lipinski definition) is 4. The normalized spacial score (nSPS) is 15.8. The van der Waals surface area contributed by atoms with Crippen molar-refractivity contribution in [2.75, 3.05) is 13.7 Å². The minimum Gasteiger partial charge on any atom is -0.497 e. The van der Waals surface area contributed by atoms with Crippen LogP contribution in [0.25, 0.3) is 0 Å². The summed E-state index contributed by atoms with van der Waals surface area (Å²) in [5.41, 5.74) is 6.48. The summed E-state index contributed by atoms with van der Waals surface area (Å²) in [4.78, 5) is 25.4. The first-order chi connectivity index (χ1) is 8.54. The highest BCUT2D eigenvalue weighted by molar-refractivity contribution is 6.21. The van der Waals surface area contributed by atoms with Crippen molar-refractivity contribution in [3.63, 3.8) is 0 Å². The van der Waals surface area contributed by atoms with Crippen LogP contribution in [0.15, 0.2) is 18.2 Å². The van der Waals surface area contributed by atoms with Gasteiger partial charge in [-0.3, -0.25) is 14.5 Å². The van der Waals surface area contributed by atoms with Gasteiger partial charge in [-0.05, 0) is 31.5 Å². The van der Waals surface area contributed by atoms with Gasteiger partial charge in [-0.1, -0.05) is 0 Å². The van der Waals surface area contributed by atoms with Crippen molar-refractivity contribution < 1.29 is 14.3 Å². The number of ether oxygens (including phenoxy) is 1. The van der Waals surface area contributed by atoms with Gasteiger partial charge in [-0.2, -0.15) is 0 Å². The second-order valence-corrected chi connectivity index (χ2v) is 4.44. The Balaban J connectivity index is 2.26. The first kappa shape index (κ1) is 12.6. The maximum absolute atomic E-state index is 12.1. The van der Waals surface area contributed by atoms with Crippen LogP contribution in [-0.4, -0.2) is 36.4 Å². The van der Waals surface area contributed by atoms with Crippen molar-refractivity contribution in [1.29, 1.82) is 0 Å². The van der Waals surface area contributed by atoms with Gasteiger partial charge in [-0.25, -0.2) is 0 Å². The fourth-order valence-electron chi connectivity index (χ4n) is 1.93. The third-order valence-corrected chi connectivity index (χ3v) is 2.99. The van der Waals surface area contributed by atoms with Gasteiger partial charge >= 0.3 is 0 Å². The van der Waals surface area contributed by atoms with Crippen LogP contribution in [-0.2, 0) is 0 Å². The van der Waals surface area contributed by atoms with E-state index in [1.165, 1.54) is 12.0 Å². The van der Waals surface area contributed by atoms with Gasteiger partial charge in [0.05, 0.1) is 18.2 Å². The predicted octanol–water partition coefficient (Wildman–Crippen LogP) is 1.03. The zero-order chi connectivity index (χ0) is 13.3. The number of carbonyl (C=O) groups excluding carboxylic acids is 2. The smallest absolute Gasteiger partial charge is 0.261 e. The van der Waals surface area contributed by atoms with Crippen LogP contribution < -0.4 is 10.5 Å². The molecule has 5 heteroatoms. The van der Waals surface area contributed by atoms with Crippen LogP contribution in [0.1, 0.15) is 34.1 Å². The highest BCUT2D eigenvalue weighted by Crippen LogP contribution is 2.26. The van der Waals surface area contributed by atoms with E-state index in [2.05, 4.69) is 0 Å². The number of rotatable bonds is 4. The fraction of sp³-hybridized carbons (Fsp3) is 0.385. The van der Waals surface area contributed by atoms with Gasteiger partial charge in [0.25, 0.3) is 11.8 Å². The molecule has 0 bridgehead atoms. The molecule has 5 nitrogen and oxygen atoms in total. The summed E-state index contributed by atoms with van der Waals surface area (Å²) in [6.45, 7) is 2.20. The molecule has 2 rings (SSSR count). The highest BCUT2D eigenvalue weighted by atomic mass is 16.5. The van der Waals surface area contributed by atoms with E-state index in [1.807, 2.05) is 6.92 Å². The molecule has 1 heterocycles. The van der Waals surface area contributed by atoms with Crippen molar-refractivity contribution in [2.24, 2.45) is 5.73 Å². The largest absolute Gasteiger partial charge is 0.497 e. The van der Waals surface area contributed by atoms with Gasteiger partial charge in [-0.15, -0.1) is 0 Å². The molecule has 96 valence electrons. The lowest BCUT2D eigenvalue weighted by Crippen LogP contribution is -2.33. The van der Waals surface area contributed by atoms with E-state index in [-0.39, 0.29) is 17.9 Å². The fourth-order valence-corrected chi connectivity index (χ4v) is 1.93. The molecule has 1 aromatic rings. The molecule has 18 heavy (non-hydrogen) atoms. The molecule has 1 aliphatic rings. The molecular weight excluding hydrogens is 232 g/mol. The number of methoxy groups -OCH3 is 1. The van der Waals surface area contributed by atoms with E-state index in [1.54, 1.807) is 18.2 Å². The monoisotopic (exact) mass is 248 g/mol. The summed E-state index contributed by atoms with van der Waals surface area (Å²) >= 11 is 0. The number of benzene rings is 1. The van der Waals surface area contributed by atoms with Crippen LogP contribution in [0.3, 0.4) is 0 Å². The van der Waals surface area contributed by atoms with Gasteiger partial charge in [0.15, 0.2) is 0 Å². The van der Waals surface area contributed by atoms with Crippen LogP contribution in [0.2, 0.25) is 0 Å². The average molecular weight is 248 g/mol. The SMILES string of the molecule is COc1ccc2c(c1)C(=O)N(CCC(C)N)C2=O. The molecule has 0 spiro atoms. The second kappa shape index (κ2) is 4.78. The minimum atomic E-state index is -0.269. The number of carbonyl (C=O) groups is 2. The van der Waals surface area contributed by atoms with Crippen molar-refractivity contribution in [3.8, 4) is 5.75 Å². The molecular formula is C13H16N2O3. The van der Waals surface area contributed by atoms with Crippen molar-refractivity contribution in [1.82, 2.24) is 4.90 Å². The molecule has 1 unspecified atom stereocenters. The van der Waals surface area contributed by atoms with Crippen molar-refractivity contribution in [2.45, 2.75) is 19.4 Å². The standard InChI is InChI=1S/C13H16N2O3/c1-8(14)5-6-15-12(16)10-4-3-9(18-2)7-11(10)13(15)17/h3-4,7-8H,5-6,14H2,1-2H3. The third kappa shape index (κ3) is 2.09. The lowest BCUT2D eigenvalue weighted by Gasteiger charge is -2.14. The lowest BCUT2D eigenvalue weighted by atomic mass is 10.1. The maximum Gasteiger partial charge on any atom is 0.261 e. The number of hydrogen-bond donors (Lipinski definition) is 1. The van der Waals surface area contributed by atoms with E-state index in [4.69, 9.17) is 10.5 Å². The van der Waals surface area contributed by atoms with Gasteiger partial charge in [0, 0.05) is 12.6 Å². The maximum atomic E-state index is 12.1. The molecule has 0 fully saturated rings.